The van der Waals surface area contributed by atoms with Crippen LogP contribution in [0, 0.1) is 10.1 Å². The first-order chi connectivity index (χ1) is 11.5. The van der Waals surface area contributed by atoms with Crippen molar-refractivity contribution in [1.82, 2.24) is 0 Å². The molecule has 1 N–H and O–H groups in total. The van der Waals surface area contributed by atoms with Gasteiger partial charge in [-0.15, -0.1) is 0 Å². The van der Waals surface area contributed by atoms with E-state index < -0.39 is 10.9 Å². The number of hydrogen-bond acceptors (Lipinski definition) is 4. The summed E-state index contributed by atoms with van der Waals surface area (Å²) < 4.78 is 0. The highest BCUT2D eigenvalue weighted by molar-refractivity contribution is 5.96. The predicted octanol–water partition coefficient (Wildman–Crippen LogP) is 2.77. The Balaban J connectivity index is 1.89. The molecule has 1 heterocycles. The van der Waals surface area contributed by atoms with Gasteiger partial charge in [0.05, 0.1) is 17.0 Å². The van der Waals surface area contributed by atoms with E-state index in [2.05, 4.69) is 0 Å². The van der Waals surface area contributed by atoms with Gasteiger partial charge in [0.2, 0.25) is 5.91 Å². The molecule has 0 saturated carbocycles. The largest absolute Gasteiger partial charge is 0.478 e. The average molecular weight is 326 g/mol. The third kappa shape index (κ3) is 2.96. The number of amides is 1. The first-order valence-electron chi connectivity index (χ1n) is 7.35. The van der Waals surface area contributed by atoms with Crippen molar-refractivity contribution >= 4 is 23.3 Å². The first-order valence-corrected chi connectivity index (χ1v) is 7.35. The van der Waals surface area contributed by atoms with E-state index in [4.69, 9.17) is 5.11 Å². The zero-order valence-corrected chi connectivity index (χ0v) is 12.6. The summed E-state index contributed by atoms with van der Waals surface area (Å²) in [4.78, 5) is 35.2. The van der Waals surface area contributed by atoms with E-state index in [0.717, 1.165) is 11.1 Å². The van der Waals surface area contributed by atoms with Crippen molar-refractivity contribution in [2.45, 2.75) is 19.4 Å². The Labute approximate surface area is 137 Å². The minimum Gasteiger partial charge on any atom is -0.478 e. The van der Waals surface area contributed by atoms with Gasteiger partial charge in [0.15, 0.2) is 0 Å². The number of rotatable bonds is 4. The van der Waals surface area contributed by atoms with Crippen LogP contribution in [0.15, 0.2) is 42.5 Å². The monoisotopic (exact) mass is 326 g/mol. The van der Waals surface area contributed by atoms with Gasteiger partial charge in [-0.3, -0.25) is 14.9 Å². The Bertz CT molecular complexity index is 829. The molecule has 1 aliphatic heterocycles. The Hall–Kier alpha value is -3.22. The molecule has 0 aromatic heterocycles. The summed E-state index contributed by atoms with van der Waals surface area (Å²) >= 11 is 0. The minimum absolute atomic E-state index is 0.00820. The number of aromatic carboxylic acids is 1. The Morgan fingerprint density at radius 1 is 1.17 bits per heavy atom. The van der Waals surface area contributed by atoms with E-state index in [1.807, 2.05) is 0 Å². The van der Waals surface area contributed by atoms with Gasteiger partial charge >= 0.3 is 5.97 Å². The summed E-state index contributed by atoms with van der Waals surface area (Å²) in [5, 5.41) is 19.8. The van der Waals surface area contributed by atoms with Gasteiger partial charge in [0.25, 0.3) is 5.69 Å². The van der Waals surface area contributed by atoms with E-state index in [1.54, 1.807) is 23.1 Å². The molecular weight excluding hydrogens is 312 g/mol. The molecule has 0 aliphatic carbocycles. The molecule has 122 valence electrons. The molecule has 0 bridgehead atoms. The van der Waals surface area contributed by atoms with Crippen molar-refractivity contribution in [3.8, 4) is 0 Å². The smallest absolute Gasteiger partial charge is 0.335 e. The second-order valence-corrected chi connectivity index (χ2v) is 5.55. The highest BCUT2D eigenvalue weighted by Gasteiger charge is 2.25. The molecule has 3 rings (SSSR count). The van der Waals surface area contributed by atoms with Crippen LogP contribution >= 0.6 is 0 Å². The van der Waals surface area contributed by atoms with E-state index in [0.29, 0.717) is 25.1 Å². The molecule has 0 unspecified atom stereocenters. The van der Waals surface area contributed by atoms with Gasteiger partial charge in [-0.1, -0.05) is 12.1 Å². The van der Waals surface area contributed by atoms with Crippen molar-refractivity contribution in [2.75, 3.05) is 4.90 Å². The summed E-state index contributed by atoms with van der Waals surface area (Å²) in [5.41, 5.74) is 2.42. The topological polar surface area (TPSA) is 101 Å². The van der Waals surface area contributed by atoms with E-state index >= 15 is 0 Å². The maximum Gasteiger partial charge on any atom is 0.335 e. The number of aryl methyl sites for hydroxylation is 1. The molecule has 1 aliphatic rings. The Kier molecular flexibility index (Phi) is 3.99. The SMILES string of the molecule is O=C(O)c1ccc(CN2C(=O)CCc3cc([N+](=O)[O-])ccc32)cc1. The maximum atomic E-state index is 12.3. The van der Waals surface area contributed by atoms with Crippen LogP contribution in [-0.4, -0.2) is 21.9 Å². The standard InChI is InChI=1S/C17H14N2O5/c20-16-8-5-13-9-14(19(23)24)6-7-15(13)18(16)10-11-1-3-12(4-2-11)17(21)22/h1-4,6-7,9H,5,8,10H2,(H,21,22). The quantitative estimate of drug-likeness (QED) is 0.687. The Morgan fingerprint density at radius 3 is 2.50 bits per heavy atom. The summed E-state index contributed by atoms with van der Waals surface area (Å²) in [6, 6.07) is 10.8. The number of hydrogen-bond donors (Lipinski definition) is 1. The molecule has 0 radical (unpaired) electrons. The van der Waals surface area contributed by atoms with Crippen molar-refractivity contribution in [2.24, 2.45) is 0 Å². The van der Waals surface area contributed by atoms with Crippen LogP contribution in [0.2, 0.25) is 0 Å². The molecule has 1 amide bonds. The fourth-order valence-corrected chi connectivity index (χ4v) is 2.77. The van der Waals surface area contributed by atoms with Gasteiger partial charge in [0, 0.05) is 24.2 Å². The number of nitro groups is 1. The fourth-order valence-electron chi connectivity index (χ4n) is 2.77. The molecule has 24 heavy (non-hydrogen) atoms. The molecule has 0 atom stereocenters. The number of carboxylic acid groups (broad SMARTS) is 1. The molecule has 7 heteroatoms. The number of benzene rings is 2. The van der Waals surface area contributed by atoms with Crippen LogP contribution in [0.1, 0.15) is 27.9 Å². The number of carbonyl (C=O) groups is 2. The zero-order chi connectivity index (χ0) is 17.3. The summed E-state index contributed by atoms with van der Waals surface area (Å²) in [6.45, 7) is 0.295. The van der Waals surface area contributed by atoms with Crippen LogP contribution in [0.4, 0.5) is 11.4 Å². The second-order valence-electron chi connectivity index (χ2n) is 5.55. The lowest BCUT2D eigenvalue weighted by Crippen LogP contribution is -2.34. The van der Waals surface area contributed by atoms with E-state index in [9.17, 15) is 19.7 Å². The number of nitro benzene ring substituents is 1. The van der Waals surface area contributed by atoms with Gasteiger partial charge in [-0.25, -0.2) is 4.79 Å². The number of carboxylic acids is 1. The molecule has 0 saturated heterocycles. The van der Waals surface area contributed by atoms with Crippen molar-refractivity contribution < 1.29 is 19.6 Å². The number of anilines is 1. The highest BCUT2D eigenvalue weighted by atomic mass is 16.6. The summed E-state index contributed by atoms with van der Waals surface area (Å²) in [6.07, 6.45) is 0.770. The zero-order valence-electron chi connectivity index (χ0n) is 12.6. The fraction of sp³-hybridized carbons (Fsp3) is 0.176. The summed E-state index contributed by atoms with van der Waals surface area (Å²) in [7, 11) is 0. The van der Waals surface area contributed by atoms with Gasteiger partial charge in [-0.05, 0) is 35.7 Å². The van der Waals surface area contributed by atoms with Crippen LogP contribution < -0.4 is 4.90 Å². The average Bonchev–Trinajstić information content (AvgIpc) is 2.57. The first kappa shape index (κ1) is 15.7. The molecule has 2 aromatic rings. The van der Waals surface area contributed by atoms with Crippen molar-refractivity contribution in [3.05, 3.63) is 69.3 Å². The number of non-ortho nitro benzene ring substituents is 1. The van der Waals surface area contributed by atoms with Gasteiger partial charge < -0.3 is 10.0 Å². The molecular formula is C17H14N2O5. The third-order valence-electron chi connectivity index (χ3n) is 4.02. The van der Waals surface area contributed by atoms with Crippen molar-refractivity contribution in [3.63, 3.8) is 0 Å². The Morgan fingerprint density at radius 2 is 1.88 bits per heavy atom. The number of fused-ring (bicyclic) bond motifs is 1. The van der Waals surface area contributed by atoms with Crippen LogP contribution in [-0.2, 0) is 17.8 Å². The number of nitrogens with zero attached hydrogens (tertiary/aromatic N) is 2. The summed E-state index contributed by atoms with van der Waals surface area (Å²) in [5.74, 6) is -1.06. The normalized spacial score (nSPS) is 13.5. The highest BCUT2D eigenvalue weighted by Crippen LogP contribution is 2.32. The third-order valence-corrected chi connectivity index (χ3v) is 4.02. The maximum absolute atomic E-state index is 12.3. The predicted molar refractivity (Wildman–Crippen MR) is 86.0 cm³/mol. The lowest BCUT2D eigenvalue weighted by atomic mass is 9.99. The van der Waals surface area contributed by atoms with Gasteiger partial charge in [-0.2, -0.15) is 0 Å². The van der Waals surface area contributed by atoms with Gasteiger partial charge in [0.1, 0.15) is 0 Å². The van der Waals surface area contributed by atoms with Crippen LogP contribution in [0.5, 0.6) is 0 Å². The van der Waals surface area contributed by atoms with Crippen LogP contribution in [0.3, 0.4) is 0 Å². The van der Waals surface area contributed by atoms with Crippen molar-refractivity contribution in [1.29, 1.82) is 0 Å². The molecule has 0 fully saturated rings. The lowest BCUT2D eigenvalue weighted by Gasteiger charge is -2.29. The molecule has 7 nitrogen and oxygen atoms in total. The molecule has 0 spiro atoms. The molecule has 2 aromatic carbocycles. The van der Waals surface area contributed by atoms with Crippen LogP contribution in [0.25, 0.3) is 0 Å². The van der Waals surface area contributed by atoms with E-state index in [-0.39, 0.29) is 17.2 Å². The minimum atomic E-state index is -1.01. The number of carbonyl (C=O) groups excluding carboxylic acids is 1. The van der Waals surface area contributed by atoms with E-state index in [1.165, 1.54) is 24.3 Å². The second kappa shape index (κ2) is 6.11. The lowest BCUT2D eigenvalue weighted by molar-refractivity contribution is -0.384.